The Morgan fingerprint density at radius 2 is 1.72 bits per heavy atom. The largest absolute Gasteiger partial charge is 0.343 e. The molecule has 3 nitrogen and oxygen atoms in total. The molecule has 100 valence electrons. The van der Waals surface area contributed by atoms with E-state index in [9.17, 15) is 9.59 Å². The maximum Gasteiger partial charge on any atom is 0.230 e. The fraction of sp³-hybridized carbons (Fsp3) is 0.467. The second kappa shape index (κ2) is 8.45. The van der Waals surface area contributed by atoms with Gasteiger partial charge in [0.2, 0.25) is 5.91 Å². The van der Waals surface area contributed by atoms with Crippen molar-refractivity contribution in [1.29, 1.82) is 0 Å². The lowest BCUT2D eigenvalue weighted by Crippen LogP contribution is -2.32. The van der Waals surface area contributed by atoms with Gasteiger partial charge in [0, 0.05) is 18.7 Å². The van der Waals surface area contributed by atoms with Crippen molar-refractivity contribution >= 4 is 11.7 Å². The third kappa shape index (κ3) is 4.70. The normalized spacial score (nSPS) is 10.9. The van der Waals surface area contributed by atoms with Crippen LogP contribution in [0.2, 0.25) is 0 Å². The Kier molecular flexibility index (Phi) is 7.68. The van der Waals surface area contributed by atoms with Crippen LogP contribution in [-0.2, 0) is 9.59 Å². The van der Waals surface area contributed by atoms with Gasteiger partial charge in [0.1, 0.15) is 0 Å². The summed E-state index contributed by atoms with van der Waals surface area (Å²) in [7, 11) is 0. The molecule has 0 bridgehead atoms. The average Bonchev–Trinajstić information content (AvgIpc) is 2.36. The van der Waals surface area contributed by atoms with Gasteiger partial charge < -0.3 is 4.90 Å². The molecule has 0 aliphatic heterocycles. The Balaban J connectivity index is 4.82. The first-order chi connectivity index (χ1) is 8.51. The molecule has 18 heavy (non-hydrogen) atoms. The quantitative estimate of drug-likeness (QED) is 0.377. The van der Waals surface area contributed by atoms with Crippen LogP contribution in [0.5, 0.6) is 0 Å². The molecule has 0 aromatic rings. The number of hydrogen-bond acceptors (Lipinski definition) is 2. The lowest BCUT2D eigenvalue weighted by atomic mass is 9.99. The lowest BCUT2D eigenvalue weighted by Gasteiger charge is -2.18. The number of nitrogens with zero attached hydrogens (tertiary/aromatic N) is 1. The van der Waals surface area contributed by atoms with Crippen molar-refractivity contribution in [3.63, 3.8) is 0 Å². The summed E-state index contributed by atoms with van der Waals surface area (Å²) in [5, 5.41) is 0. The minimum atomic E-state index is -0.182. The van der Waals surface area contributed by atoms with E-state index < -0.39 is 0 Å². The monoisotopic (exact) mass is 249 g/mol. The number of Topliss-reactive ketones (excluding diaryl/α,β-unsaturated/α-hetero) is 1. The Bertz CT molecular complexity index is 363. The van der Waals surface area contributed by atoms with Crippen molar-refractivity contribution in [3.05, 3.63) is 36.5 Å². The van der Waals surface area contributed by atoms with Crippen LogP contribution in [-0.4, -0.2) is 29.7 Å². The molecule has 0 radical (unpaired) electrons. The molecule has 0 spiro atoms. The van der Waals surface area contributed by atoms with Crippen LogP contribution in [0.4, 0.5) is 0 Å². The number of allylic oxidation sites excluding steroid dienone is 4. The third-order valence-electron chi connectivity index (χ3n) is 2.73. The van der Waals surface area contributed by atoms with Crippen molar-refractivity contribution in [1.82, 2.24) is 4.90 Å². The summed E-state index contributed by atoms with van der Waals surface area (Å²) in [5.74, 6) is -0.317. The van der Waals surface area contributed by atoms with E-state index in [0.29, 0.717) is 24.2 Å². The van der Waals surface area contributed by atoms with Gasteiger partial charge in [-0.25, -0.2) is 0 Å². The molecule has 0 saturated heterocycles. The summed E-state index contributed by atoms with van der Waals surface area (Å²) in [6.45, 7) is 14.4. The third-order valence-corrected chi connectivity index (χ3v) is 2.73. The van der Waals surface area contributed by atoms with Crippen LogP contribution in [0, 0.1) is 0 Å². The molecule has 0 aliphatic carbocycles. The topological polar surface area (TPSA) is 37.4 Å². The summed E-state index contributed by atoms with van der Waals surface area (Å²) in [6.07, 6.45) is 3.97. The van der Waals surface area contributed by atoms with Gasteiger partial charge in [-0.3, -0.25) is 9.59 Å². The van der Waals surface area contributed by atoms with E-state index in [1.165, 1.54) is 0 Å². The number of amides is 1. The van der Waals surface area contributed by atoms with E-state index in [4.69, 9.17) is 0 Å². The predicted octanol–water partition coefficient (Wildman–Crippen LogP) is 2.89. The van der Waals surface area contributed by atoms with Gasteiger partial charge in [-0.15, -0.1) is 0 Å². The van der Waals surface area contributed by atoms with E-state index in [1.54, 1.807) is 17.1 Å². The number of carbonyl (C=O) groups excluding carboxylic acids is 2. The van der Waals surface area contributed by atoms with Crippen LogP contribution in [0.15, 0.2) is 36.5 Å². The smallest absolute Gasteiger partial charge is 0.230 e. The Morgan fingerprint density at radius 1 is 1.17 bits per heavy atom. The van der Waals surface area contributed by atoms with E-state index in [0.717, 1.165) is 6.42 Å². The maximum atomic E-state index is 12.1. The number of carbonyl (C=O) groups is 2. The Hall–Kier alpha value is -1.64. The van der Waals surface area contributed by atoms with Gasteiger partial charge in [0.05, 0.1) is 6.42 Å². The standard InChI is InChI=1S/C15H23NO2/c1-6-10-13(12(5)7-2)14(17)11-15(18)16(8-3)9-4/h7,10H,2,5-6,8-9,11H2,1,3-4H3/b13-10+. The first-order valence-corrected chi connectivity index (χ1v) is 6.34. The molecule has 3 heteroatoms. The number of hydrogen-bond donors (Lipinski definition) is 0. The fourth-order valence-electron chi connectivity index (χ4n) is 1.66. The molecule has 0 atom stereocenters. The molecular weight excluding hydrogens is 226 g/mol. The Morgan fingerprint density at radius 3 is 2.11 bits per heavy atom. The lowest BCUT2D eigenvalue weighted by molar-refractivity contribution is -0.134. The highest BCUT2D eigenvalue weighted by Gasteiger charge is 2.18. The second-order valence-electron chi connectivity index (χ2n) is 3.92. The van der Waals surface area contributed by atoms with Crippen molar-refractivity contribution in [2.75, 3.05) is 13.1 Å². The minimum absolute atomic E-state index is 0.0969. The molecular formula is C15H23NO2. The first-order valence-electron chi connectivity index (χ1n) is 6.34. The van der Waals surface area contributed by atoms with Gasteiger partial charge >= 0.3 is 0 Å². The molecule has 0 aromatic heterocycles. The van der Waals surface area contributed by atoms with E-state index in [2.05, 4.69) is 13.2 Å². The molecule has 0 saturated carbocycles. The zero-order valence-corrected chi connectivity index (χ0v) is 11.7. The highest BCUT2D eigenvalue weighted by atomic mass is 16.2. The fourth-order valence-corrected chi connectivity index (χ4v) is 1.66. The highest BCUT2D eigenvalue weighted by molar-refractivity contribution is 6.09. The molecule has 0 N–H and O–H groups in total. The van der Waals surface area contributed by atoms with Gasteiger partial charge in [-0.05, 0) is 25.8 Å². The van der Waals surface area contributed by atoms with Gasteiger partial charge in [-0.1, -0.05) is 32.2 Å². The van der Waals surface area contributed by atoms with Crippen LogP contribution < -0.4 is 0 Å². The predicted molar refractivity (Wildman–Crippen MR) is 75.3 cm³/mol. The van der Waals surface area contributed by atoms with Crippen molar-refractivity contribution in [2.45, 2.75) is 33.6 Å². The zero-order valence-electron chi connectivity index (χ0n) is 11.7. The number of rotatable bonds is 8. The Labute approximate surface area is 110 Å². The van der Waals surface area contributed by atoms with Crippen LogP contribution in [0.25, 0.3) is 0 Å². The molecule has 0 fully saturated rings. The highest BCUT2D eigenvalue weighted by Crippen LogP contribution is 2.14. The summed E-state index contributed by atoms with van der Waals surface area (Å²) in [4.78, 5) is 25.6. The zero-order chi connectivity index (χ0) is 14.1. The first kappa shape index (κ1) is 16.4. The van der Waals surface area contributed by atoms with Crippen LogP contribution >= 0.6 is 0 Å². The SMILES string of the molecule is C=CC(=C)/C(=C\CC)C(=O)CC(=O)N(CC)CC. The second-order valence-corrected chi connectivity index (χ2v) is 3.92. The summed E-state index contributed by atoms with van der Waals surface area (Å²) in [6, 6.07) is 0. The molecule has 0 aromatic carbocycles. The van der Waals surface area contributed by atoms with Crippen molar-refractivity contribution in [2.24, 2.45) is 0 Å². The van der Waals surface area contributed by atoms with Crippen molar-refractivity contribution in [3.8, 4) is 0 Å². The average molecular weight is 249 g/mol. The molecule has 1 amide bonds. The van der Waals surface area contributed by atoms with Gasteiger partial charge in [-0.2, -0.15) is 0 Å². The van der Waals surface area contributed by atoms with E-state index in [-0.39, 0.29) is 18.1 Å². The van der Waals surface area contributed by atoms with Crippen molar-refractivity contribution < 1.29 is 9.59 Å². The van der Waals surface area contributed by atoms with Crippen LogP contribution in [0.1, 0.15) is 33.6 Å². The molecule has 0 aliphatic rings. The van der Waals surface area contributed by atoms with Gasteiger partial charge in [0.25, 0.3) is 0 Å². The summed E-state index contributed by atoms with van der Waals surface area (Å²) in [5.41, 5.74) is 1.09. The summed E-state index contributed by atoms with van der Waals surface area (Å²) < 4.78 is 0. The summed E-state index contributed by atoms with van der Waals surface area (Å²) >= 11 is 0. The number of ketones is 1. The maximum absolute atomic E-state index is 12.1. The molecule has 0 rings (SSSR count). The van der Waals surface area contributed by atoms with Gasteiger partial charge in [0.15, 0.2) is 5.78 Å². The van der Waals surface area contributed by atoms with Crippen LogP contribution in [0.3, 0.4) is 0 Å². The molecule has 0 heterocycles. The van der Waals surface area contributed by atoms with E-state index in [1.807, 2.05) is 20.8 Å². The van der Waals surface area contributed by atoms with E-state index >= 15 is 0 Å². The molecule has 0 unspecified atom stereocenters. The minimum Gasteiger partial charge on any atom is -0.343 e.